The van der Waals surface area contributed by atoms with Gasteiger partial charge in [-0.25, -0.2) is 19.0 Å². The van der Waals surface area contributed by atoms with Gasteiger partial charge in [-0.2, -0.15) is 0 Å². The van der Waals surface area contributed by atoms with Crippen molar-refractivity contribution in [3.05, 3.63) is 157 Å². The van der Waals surface area contributed by atoms with Gasteiger partial charge in [0.1, 0.15) is 55.7 Å². The molecule has 8 amide bonds. The van der Waals surface area contributed by atoms with Gasteiger partial charge >= 0.3 is 12.1 Å². The maximum absolute atomic E-state index is 15.5. The third-order valence-electron chi connectivity index (χ3n) is 18.9. The molecule has 100 heavy (non-hydrogen) atoms. The van der Waals surface area contributed by atoms with E-state index in [2.05, 4.69) is 37.2 Å². The Morgan fingerprint density at radius 1 is 0.770 bits per heavy atom. The Kier molecular flexibility index (Phi) is 21.8. The van der Waals surface area contributed by atoms with Crippen LogP contribution >= 0.6 is 0 Å². The number of aryl methyl sites for hydroxylation is 1. The number of esters is 1. The van der Waals surface area contributed by atoms with Gasteiger partial charge in [0.2, 0.25) is 35.4 Å². The maximum atomic E-state index is 15.5. The first-order chi connectivity index (χ1) is 48.0. The van der Waals surface area contributed by atoms with E-state index in [0.717, 1.165) is 27.8 Å². The summed E-state index contributed by atoms with van der Waals surface area (Å²) < 4.78 is 39.0. The van der Waals surface area contributed by atoms with Gasteiger partial charge in [0, 0.05) is 55.4 Å². The molecule has 5 heterocycles. The van der Waals surface area contributed by atoms with E-state index in [1.165, 1.54) is 22.6 Å². The molecule has 0 radical (unpaired) electrons. The molecule has 30 heteroatoms. The number of halogens is 1. The van der Waals surface area contributed by atoms with Crippen molar-refractivity contribution in [2.75, 3.05) is 53.2 Å². The number of pyridine rings is 2. The number of nitrogens with one attached hydrogen (secondary N) is 7. The predicted molar refractivity (Wildman–Crippen MR) is 351 cm³/mol. The highest BCUT2D eigenvalue weighted by molar-refractivity contribution is 5.96. The minimum Gasteiger partial charge on any atom is -0.458 e. The van der Waals surface area contributed by atoms with Crippen LogP contribution in [0.3, 0.4) is 0 Å². The van der Waals surface area contributed by atoms with Crippen molar-refractivity contribution >= 4 is 64.3 Å². The first-order valence-electron chi connectivity index (χ1n) is 32.8. The van der Waals surface area contributed by atoms with Gasteiger partial charge in [-0.15, -0.1) is 0 Å². The van der Waals surface area contributed by atoms with Crippen molar-refractivity contribution in [2.45, 2.75) is 132 Å². The van der Waals surface area contributed by atoms with Crippen LogP contribution < -0.4 is 42.8 Å². The largest absolute Gasteiger partial charge is 0.458 e. The van der Waals surface area contributed by atoms with E-state index >= 15 is 4.39 Å². The highest BCUT2D eigenvalue weighted by Gasteiger charge is 2.47. The van der Waals surface area contributed by atoms with E-state index in [0.29, 0.717) is 57.4 Å². The number of cyclic esters (lactones) is 1. The van der Waals surface area contributed by atoms with Crippen molar-refractivity contribution in [1.82, 2.24) is 51.7 Å². The molecule has 0 spiro atoms. The minimum atomic E-state index is -2.07. The molecule has 528 valence electrons. The van der Waals surface area contributed by atoms with E-state index < -0.39 is 164 Å². The van der Waals surface area contributed by atoms with E-state index in [-0.39, 0.29) is 63.4 Å². The summed E-state index contributed by atoms with van der Waals surface area (Å²) in [5.41, 5.74) is 5.11. The average Bonchev–Trinajstić information content (AvgIpc) is 1.50. The van der Waals surface area contributed by atoms with Crippen LogP contribution in [0.25, 0.3) is 33.4 Å². The van der Waals surface area contributed by atoms with Crippen LogP contribution in [0.1, 0.15) is 101 Å². The molecule has 3 aliphatic heterocycles. The molecular weight excluding hydrogens is 1300 g/mol. The topological polar surface area (TPSA) is 414 Å². The molecule has 29 nitrogen and oxygen atoms in total. The van der Waals surface area contributed by atoms with Gasteiger partial charge in [-0.05, 0) is 76.8 Å². The summed E-state index contributed by atoms with van der Waals surface area (Å²) in [6.07, 6.45) is -10.4. The van der Waals surface area contributed by atoms with Crippen LogP contribution in [-0.2, 0) is 88.9 Å². The summed E-state index contributed by atoms with van der Waals surface area (Å²) in [7, 11) is 1.48. The Morgan fingerprint density at radius 3 is 2.13 bits per heavy atom. The maximum Gasteiger partial charge on any atom is 0.411 e. The molecule has 1 saturated heterocycles. The van der Waals surface area contributed by atoms with Crippen LogP contribution in [-0.4, -0.2) is 189 Å². The van der Waals surface area contributed by atoms with Gasteiger partial charge in [-0.1, -0.05) is 85.8 Å². The molecule has 2 aromatic heterocycles. The molecule has 0 bridgehead atoms. The van der Waals surface area contributed by atoms with Gasteiger partial charge in [0.05, 0.1) is 80.4 Å². The van der Waals surface area contributed by atoms with E-state index in [4.69, 9.17) is 23.9 Å². The van der Waals surface area contributed by atoms with E-state index in [1.54, 1.807) is 50.2 Å². The number of carbonyl (C=O) groups is 9. The number of amides is 8. The highest BCUT2D eigenvalue weighted by Crippen LogP contribution is 2.48. The average molecular weight is 1380 g/mol. The Balaban J connectivity index is 0.654. The summed E-state index contributed by atoms with van der Waals surface area (Å²) in [6.45, 7) is -0.620. The molecule has 4 aromatic carbocycles. The zero-order valence-electron chi connectivity index (χ0n) is 54.8. The third kappa shape index (κ3) is 14.8. The second-order valence-corrected chi connectivity index (χ2v) is 25.2. The van der Waals surface area contributed by atoms with Crippen LogP contribution in [0.2, 0.25) is 0 Å². The number of aliphatic hydroxyl groups is 5. The molecule has 5 aliphatic rings. The number of hydrogen-bond acceptors (Lipinski definition) is 20. The molecule has 1 fully saturated rings. The second-order valence-electron chi connectivity index (χ2n) is 25.2. The van der Waals surface area contributed by atoms with Crippen molar-refractivity contribution < 1.29 is 92.0 Å². The number of aliphatic hydroxyl groups excluding tert-OH is 4. The van der Waals surface area contributed by atoms with Gasteiger partial charge in [0.25, 0.3) is 11.5 Å². The third-order valence-corrected chi connectivity index (χ3v) is 18.9. The Hall–Kier alpha value is -10.1. The number of nitrogens with zero attached hydrogens (tertiary/aromatic N) is 3. The predicted octanol–water partition coefficient (Wildman–Crippen LogP) is 0.133. The second kappa shape index (κ2) is 30.6. The number of hydrogen-bond donors (Lipinski definition) is 12. The smallest absolute Gasteiger partial charge is 0.411 e. The molecule has 6 aromatic rings. The van der Waals surface area contributed by atoms with Crippen LogP contribution in [0, 0.1) is 12.7 Å². The molecule has 12 N–H and O–H groups in total. The Morgan fingerprint density at radius 2 is 1.43 bits per heavy atom. The lowest BCUT2D eigenvalue weighted by atomic mass is 9.81. The summed E-state index contributed by atoms with van der Waals surface area (Å²) in [6, 6.07) is 23.8. The fourth-order valence-electron chi connectivity index (χ4n) is 13.5. The first kappa shape index (κ1) is 71.2. The SMILES string of the molecule is CC[C@@]1(O)C(=O)OCc2c1cc1n(c2=O)Cc2c-1nc1cc(F)c(C)c3c1c2[C@@H](NC(=O)CCOCNC(=O)CNC(=O)[C@H](Cc1ccccc1)NC(=O)CNC(=O)CNC(=O)[C@H](CCC(=O)NC[C@@H]1O[C@H](CO)[C@@H](O)[C@H](O)[C@H]1O)OC(=O)N(C)C1c2ccccc2-c2ccccc21)CC3. The normalized spacial score (nSPS) is 20.6. The number of ether oxygens (including phenoxy) is 4. The Labute approximate surface area is 571 Å². The zero-order chi connectivity index (χ0) is 71.3. The lowest BCUT2D eigenvalue weighted by Gasteiger charge is -2.40. The Bertz CT molecular complexity index is 4220. The fraction of sp³-hybridized carbons (Fsp3) is 0.414. The molecule has 9 atom stereocenters. The highest BCUT2D eigenvalue weighted by atomic mass is 19.1. The van der Waals surface area contributed by atoms with Crippen molar-refractivity contribution in [2.24, 2.45) is 0 Å². The van der Waals surface area contributed by atoms with Crippen LogP contribution in [0.4, 0.5) is 9.18 Å². The first-order valence-corrected chi connectivity index (χ1v) is 32.8. The summed E-state index contributed by atoms with van der Waals surface area (Å²) in [5, 5.41) is 70.4. The number of aromatic nitrogens is 2. The number of fused-ring (bicyclic) bond motifs is 8. The lowest BCUT2D eigenvalue weighted by molar-refractivity contribution is -0.227. The lowest BCUT2D eigenvalue weighted by Crippen LogP contribution is -2.60. The summed E-state index contributed by atoms with van der Waals surface area (Å²) in [4.78, 5) is 141. The van der Waals surface area contributed by atoms with Crippen molar-refractivity contribution in [3.8, 4) is 22.5 Å². The van der Waals surface area contributed by atoms with E-state index in [1.807, 2.05) is 48.5 Å². The molecule has 0 unspecified atom stereocenters. The van der Waals surface area contributed by atoms with Gasteiger partial charge in [0.15, 0.2) is 11.7 Å². The quantitative estimate of drug-likeness (QED) is 0.0195. The number of carbonyl (C=O) groups excluding carboxylic acids is 9. The fourth-order valence-corrected chi connectivity index (χ4v) is 13.5. The van der Waals surface area contributed by atoms with Crippen molar-refractivity contribution in [1.29, 1.82) is 0 Å². The summed E-state index contributed by atoms with van der Waals surface area (Å²) >= 11 is 0. The van der Waals surface area contributed by atoms with Crippen molar-refractivity contribution in [3.63, 3.8) is 0 Å². The number of rotatable bonds is 26. The van der Waals surface area contributed by atoms with Crippen LogP contribution in [0.15, 0.2) is 95.8 Å². The van der Waals surface area contributed by atoms with E-state index in [9.17, 15) is 73.5 Å². The molecule has 2 aliphatic carbocycles. The molecule has 11 rings (SSSR count). The molecule has 0 saturated carbocycles. The number of benzene rings is 4. The molecular formula is C70H77FN10O19. The minimum absolute atomic E-state index is 0.0469. The van der Waals surface area contributed by atoms with Gasteiger partial charge < -0.3 is 91.2 Å². The van der Waals surface area contributed by atoms with Crippen LogP contribution in [0.5, 0.6) is 0 Å². The summed E-state index contributed by atoms with van der Waals surface area (Å²) in [5.74, 6) is -6.66. The zero-order valence-corrected chi connectivity index (χ0v) is 54.8. The standard InChI is InChI=1S/C70H77FN10O19/c1-4-70(96)44-25-49-60-42(31-81(49)67(93)43(44)33-98-68(70)94)59-46(19-18-37-35(2)45(71)26-47(79-60)58(37)59)77-54(84)22-23-97-34-76-56(86)29-74-65(91)48(24-36-12-6-5-7-13-36)78-57(87)30-73-55(85)28-75-66(92)50(20-21-53(83)72-27-51-62(88)64(90)63(89)52(32-82)99-51)100-69(95)80(3)61-40-16-10-8-14-38(40)39-15-9-11-17-41(39)61/h5-17,25-26,46,48,50-52,61-64,82,88-90,96H,4,18-24,27-34H2,1-3H3,(H,72,83)(H,73,85)(H,74,91)(H,75,92)(H,76,86)(H,77,84)(H,78,87)/t46-,48-,50-,51-,52+,62-,63+,64+,70-/m0/s1. The van der Waals surface area contributed by atoms with Gasteiger partial charge in [-0.3, -0.25) is 38.4 Å². The monoisotopic (exact) mass is 1380 g/mol.